The Labute approximate surface area is 98.6 Å². The second kappa shape index (κ2) is 5.17. The van der Waals surface area contributed by atoms with E-state index in [2.05, 4.69) is 24.1 Å². The molecule has 1 N–H and O–H groups in total. The topological polar surface area (TPSA) is 32.3 Å². The SMILES string of the molecule is CC(C)CCN1C(=O)CNC1C1CCCC1. The molecule has 1 atom stereocenters. The van der Waals surface area contributed by atoms with Crippen molar-refractivity contribution in [2.24, 2.45) is 11.8 Å². The second-order valence-electron chi connectivity index (χ2n) is 5.64. The standard InChI is InChI=1S/C13H24N2O/c1-10(2)7-8-15-12(16)9-14-13(15)11-5-3-4-6-11/h10-11,13-14H,3-9H2,1-2H3. The summed E-state index contributed by atoms with van der Waals surface area (Å²) in [5.74, 6) is 1.69. The van der Waals surface area contributed by atoms with Crippen LogP contribution in [0.25, 0.3) is 0 Å². The first kappa shape index (κ1) is 11.9. The number of nitrogens with zero attached hydrogens (tertiary/aromatic N) is 1. The van der Waals surface area contributed by atoms with Crippen LogP contribution in [0.5, 0.6) is 0 Å². The molecule has 1 amide bonds. The van der Waals surface area contributed by atoms with Crippen molar-refractivity contribution in [3.63, 3.8) is 0 Å². The third kappa shape index (κ3) is 2.57. The normalized spacial score (nSPS) is 27.3. The number of rotatable bonds is 4. The van der Waals surface area contributed by atoms with Gasteiger partial charge in [0.25, 0.3) is 0 Å². The first-order chi connectivity index (χ1) is 7.68. The molecule has 0 aromatic carbocycles. The smallest absolute Gasteiger partial charge is 0.237 e. The molecule has 2 fully saturated rings. The van der Waals surface area contributed by atoms with Crippen LogP contribution in [0.1, 0.15) is 46.0 Å². The summed E-state index contributed by atoms with van der Waals surface area (Å²) < 4.78 is 0. The van der Waals surface area contributed by atoms with Crippen molar-refractivity contribution in [3.8, 4) is 0 Å². The Balaban J connectivity index is 1.92. The van der Waals surface area contributed by atoms with Gasteiger partial charge in [0.05, 0.1) is 12.7 Å². The van der Waals surface area contributed by atoms with Gasteiger partial charge >= 0.3 is 0 Å². The fourth-order valence-corrected chi connectivity index (χ4v) is 2.91. The highest BCUT2D eigenvalue weighted by molar-refractivity contribution is 5.80. The van der Waals surface area contributed by atoms with Crippen molar-refractivity contribution in [2.45, 2.75) is 52.1 Å². The van der Waals surface area contributed by atoms with Crippen molar-refractivity contribution in [2.75, 3.05) is 13.1 Å². The van der Waals surface area contributed by atoms with Crippen LogP contribution >= 0.6 is 0 Å². The molecular weight excluding hydrogens is 200 g/mol. The zero-order valence-corrected chi connectivity index (χ0v) is 10.5. The summed E-state index contributed by atoms with van der Waals surface area (Å²) in [5, 5.41) is 3.40. The van der Waals surface area contributed by atoms with Crippen molar-refractivity contribution in [3.05, 3.63) is 0 Å². The average Bonchev–Trinajstić information content (AvgIpc) is 2.83. The number of carbonyl (C=O) groups is 1. The van der Waals surface area contributed by atoms with Gasteiger partial charge in [-0.1, -0.05) is 26.7 Å². The molecule has 1 aliphatic carbocycles. The van der Waals surface area contributed by atoms with Gasteiger partial charge in [0.2, 0.25) is 5.91 Å². The number of carbonyl (C=O) groups excluding carboxylic acids is 1. The molecule has 1 aliphatic heterocycles. The molecule has 3 heteroatoms. The minimum atomic E-state index is 0.303. The van der Waals surface area contributed by atoms with Crippen LogP contribution in [-0.2, 0) is 4.79 Å². The molecular formula is C13H24N2O. The Morgan fingerprint density at radius 1 is 1.38 bits per heavy atom. The van der Waals surface area contributed by atoms with E-state index >= 15 is 0 Å². The molecule has 0 aromatic rings. The first-order valence-electron chi connectivity index (χ1n) is 6.71. The fourth-order valence-electron chi connectivity index (χ4n) is 2.91. The Morgan fingerprint density at radius 2 is 2.06 bits per heavy atom. The van der Waals surface area contributed by atoms with Gasteiger partial charge in [0, 0.05) is 6.54 Å². The van der Waals surface area contributed by atoms with E-state index in [4.69, 9.17) is 0 Å². The van der Waals surface area contributed by atoms with Crippen LogP contribution in [0.4, 0.5) is 0 Å². The van der Waals surface area contributed by atoms with Crippen LogP contribution in [0, 0.1) is 11.8 Å². The van der Waals surface area contributed by atoms with Gasteiger partial charge in [-0.2, -0.15) is 0 Å². The number of hydrogen-bond donors (Lipinski definition) is 1. The summed E-state index contributed by atoms with van der Waals surface area (Å²) in [7, 11) is 0. The van der Waals surface area contributed by atoms with E-state index in [0.29, 0.717) is 30.5 Å². The zero-order valence-electron chi connectivity index (χ0n) is 10.5. The predicted molar refractivity (Wildman–Crippen MR) is 64.9 cm³/mol. The highest BCUT2D eigenvalue weighted by atomic mass is 16.2. The summed E-state index contributed by atoms with van der Waals surface area (Å²) in [6, 6.07) is 0. The molecule has 0 aromatic heterocycles. The lowest BCUT2D eigenvalue weighted by molar-refractivity contribution is -0.128. The lowest BCUT2D eigenvalue weighted by Gasteiger charge is -2.29. The predicted octanol–water partition coefficient (Wildman–Crippen LogP) is 1.98. The molecule has 1 heterocycles. The molecule has 16 heavy (non-hydrogen) atoms. The number of hydrogen-bond acceptors (Lipinski definition) is 2. The van der Waals surface area contributed by atoms with Gasteiger partial charge in [0.1, 0.15) is 0 Å². The highest BCUT2D eigenvalue weighted by Crippen LogP contribution is 2.31. The maximum absolute atomic E-state index is 11.8. The molecule has 2 aliphatic rings. The minimum absolute atomic E-state index is 0.303. The van der Waals surface area contributed by atoms with Crippen molar-refractivity contribution >= 4 is 5.91 Å². The maximum Gasteiger partial charge on any atom is 0.237 e. The lowest BCUT2D eigenvalue weighted by atomic mass is 10.0. The van der Waals surface area contributed by atoms with E-state index < -0.39 is 0 Å². The van der Waals surface area contributed by atoms with Crippen molar-refractivity contribution in [1.29, 1.82) is 0 Å². The molecule has 3 nitrogen and oxygen atoms in total. The monoisotopic (exact) mass is 224 g/mol. The van der Waals surface area contributed by atoms with E-state index in [1.165, 1.54) is 25.7 Å². The molecule has 92 valence electrons. The Hall–Kier alpha value is -0.570. The first-order valence-corrected chi connectivity index (χ1v) is 6.71. The maximum atomic E-state index is 11.8. The average molecular weight is 224 g/mol. The quantitative estimate of drug-likeness (QED) is 0.792. The second-order valence-corrected chi connectivity index (χ2v) is 5.64. The van der Waals surface area contributed by atoms with E-state index in [-0.39, 0.29) is 0 Å². The highest BCUT2D eigenvalue weighted by Gasteiger charge is 2.36. The third-order valence-electron chi connectivity index (χ3n) is 3.91. The largest absolute Gasteiger partial charge is 0.326 e. The molecule has 0 bridgehead atoms. The minimum Gasteiger partial charge on any atom is -0.326 e. The Bertz CT molecular complexity index is 246. The summed E-state index contributed by atoms with van der Waals surface area (Å²) in [4.78, 5) is 13.9. The summed E-state index contributed by atoms with van der Waals surface area (Å²) >= 11 is 0. The molecule has 0 radical (unpaired) electrons. The molecule has 1 unspecified atom stereocenters. The summed E-state index contributed by atoms with van der Waals surface area (Å²) in [6.45, 7) is 5.93. The Morgan fingerprint density at radius 3 is 2.69 bits per heavy atom. The van der Waals surface area contributed by atoms with Crippen LogP contribution in [0.3, 0.4) is 0 Å². The molecule has 1 saturated carbocycles. The van der Waals surface area contributed by atoms with Crippen LogP contribution in [0.2, 0.25) is 0 Å². The van der Waals surface area contributed by atoms with Gasteiger partial charge in [-0.15, -0.1) is 0 Å². The molecule has 0 spiro atoms. The lowest BCUT2D eigenvalue weighted by Crippen LogP contribution is -2.43. The van der Waals surface area contributed by atoms with E-state index in [0.717, 1.165) is 13.0 Å². The van der Waals surface area contributed by atoms with Crippen molar-refractivity contribution < 1.29 is 4.79 Å². The van der Waals surface area contributed by atoms with Gasteiger partial charge in [0.15, 0.2) is 0 Å². The van der Waals surface area contributed by atoms with Gasteiger partial charge in [-0.3, -0.25) is 10.1 Å². The molecule has 1 saturated heterocycles. The van der Waals surface area contributed by atoms with E-state index in [1.807, 2.05) is 0 Å². The van der Waals surface area contributed by atoms with E-state index in [9.17, 15) is 4.79 Å². The van der Waals surface area contributed by atoms with Gasteiger partial charge in [-0.25, -0.2) is 0 Å². The van der Waals surface area contributed by atoms with Crippen LogP contribution < -0.4 is 5.32 Å². The summed E-state index contributed by atoms with van der Waals surface area (Å²) in [6.07, 6.45) is 6.74. The number of amides is 1. The van der Waals surface area contributed by atoms with Crippen LogP contribution in [-0.4, -0.2) is 30.1 Å². The fraction of sp³-hybridized carbons (Fsp3) is 0.923. The van der Waals surface area contributed by atoms with Crippen LogP contribution in [0.15, 0.2) is 0 Å². The van der Waals surface area contributed by atoms with Crippen molar-refractivity contribution in [1.82, 2.24) is 10.2 Å². The Kier molecular flexibility index (Phi) is 3.85. The number of nitrogens with one attached hydrogen (secondary N) is 1. The van der Waals surface area contributed by atoms with Gasteiger partial charge < -0.3 is 4.90 Å². The van der Waals surface area contributed by atoms with Gasteiger partial charge in [-0.05, 0) is 31.1 Å². The molecule has 2 rings (SSSR count). The zero-order chi connectivity index (χ0) is 11.5. The van der Waals surface area contributed by atoms with E-state index in [1.54, 1.807) is 0 Å². The third-order valence-corrected chi connectivity index (χ3v) is 3.91. The summed E-state index contributed by atoms with van der Waals surface area (Å²) in [5.41, 5.74) is 0.